The largest absolute Gasteiger partial charge is 0.394 e. The summed E-state index contributed by atoms with van der Waals surface area (Å²) in [6.07, 6.45) is -9.58. The fourth-order valence-electron chi connectivity index (χ4n) is 6.38. The number of hydrogen-bond donors (Lipinski definition) is 8. The Morgan fingerprint density at radius 2 is 0.852 bits per heavy atom. The van der Waals surface area contributed by atoms with Gasteiger partial charge in [0.05, 0.1) is 91.6 Å². The predicted molar refractivity (Wildman–Crippen MR) is 182 cm³/mol. The first-order valence-electron chi connectivity index (χ1n) is 18.4. The van der Waals surface area contributed by atoms with Gasteiger partial charge in [-0.05, 0) is 0 Å². The normalized spacial score (nSPS) is 31.3. The molecule has 22 heteroatoms. The Morgan fingerprint density at radius 1 is 0.500 bits per heavy atom. The Morgan fingerprint density at radius 3 is 1.20 bits per heavy atom. The van der Waals surface area contributed by atoms with Crippen molar-refractivity contribution >= 4 is 0 Å². The topological polar surface area (TPSA) is 285 Å². The molecule has 5 heterocycles. The van der Waals surface area contributed by atoms with Gasteiger partial charge in [-0.25, -0.2) is 9.36 Å². The molecule has 0 saturated carbocycles. The van der Waals surface area contributed by atoms with Crippen molar-refractivity contribution < 1.29 is 69.3 Å². The van der Waals surface area contributed by atoms with Crippen LogP contribution in [-0.4, -0.2) is 235 Å². The van der Waals surface area contributed by atoms with E-state index in [0.717, 1.165) is 39.3 Å². The quantitative estimate of drug-likeness (QED) is 0.0517. The Labute approximate surface area is 312 Å². The van der Waals surface area contributed by atoms with E-state index >= 15 is 0 Å². The summed E-state index contributed by atoms with van der Waals surface area (Å²) in [5, 5.41) is 95.2. The maximum atomic E-state index is 10.3. The zero-order valence-electron chi connectivity index (χ0n) is 30.3. The van der Waals surface area contributed by atoms with Gasteiger partial charge >= 0.3 is 0 Å². The number of ether oxygens (including phenoxy) is 6. The minimum Gasteiger partial charge on any atom is -0.394 e. The number of rotatable bonds is 22. The summed E-state index contributed by atoms with van der Waals surface area (Å²) in [6, 6.07) is 0. The van der Waals surface area contributed by atoms with Gasteiger partial charge in [0.1, 0.15) is 72.4 Å². The lowest BCUT2D eigenvalue weighted by atomic mass is 9.94. The van der Waals surface area contributed by atoms with Crippen molar-refractivity contribution in [3.8, 4) is 0 Å². The van der Waals surface area contributed by atoms with Gasteiger partial charge in [0.2, 0.25) is 0 Å². The number of aliphatic hydroxyl groups excluding tert-OH is 8. The molecule has 8 N–H and O–H groups in total. The van der Waals surface area contributed by atoms with Crippen molar-refractivity contribution in [2.75, 3.05) is 105 Å². The summed E-state index contributed by atoms with van der Waals surface area (Å²) in [5.74, 6) is 0. The van der Waals surface area contributed by atoms with E-state index in [0.29, 0.717) is 65.9 Å². The number of nitrogens with zero attached hydrogens (tertiary/aromatic N) is 8. The summed E-state index contributed by atoms with van der Waals surface area (Å²) in [5.41, 5.74) is 0.559. The number of hydrogen-bond acceptors (Lipinski definition) is 20. The molecule has 0 aromatic carbocycles. The zero-order valence-corrected chi connectivity index (χ0v) is 30.3. The molecular weight excluding hydrogens is 720 g/mol. The molecule has 0 amide bonds. The fraction of sp³-hybridized carbons (Fsp3) is 0.875. The molecular formula is C32H56N8O14. The van der Waals surface area contributed by atoms with Crippen molar-refractivity contribution in [3.05, 3.63) is 23.8 Å². The molecule has 10 atom stereocenters. The second kappa shape index (κ2) is 21.8. The van der Waals surface area contributed by atoms with Crippen molar-refractivity contribution in [3.63, 3.8) is 0 Å². The average molecular weight is 777 g/mol. The van der Waals surface area contributed by atoms with E-state index in [4.69, 9.17) is 28.4 Å². The van der Waals surface area contributed by atoms with E-state index in [1.165, 1.54) is 9.36 Å². The second-order valence-corrected chi connectivity index (χ2v) is 13.4. The Hall–Kier alpha value is -2.36. The highest BCUT2D eigenvalue weighted by Crippen LogP contribution is 2.32. The molecule has 0 unspecified atom stereocenters. The minimum absolute atomic E-state index is 0.279. The average Bonchev–Trinajstić information content (AvgIpc) is 3.86. The van der Waals surface area contributed by atoms with Crippen molar-refractivity contribution in [1.82, 2.24) is 39.8 Å². The van der Waals surface area contributed by atoms with Crippen LogP contribution in [0.25, 0.3) is 0 Å². The van der Waals surface area contributed by atoms with Crippen LogP contribution in [0.2, 0.25) is 0 Å². The molecule has 5 rings (SSSR count). The van der Waals surface area contributed by atoms with Crippen molar-refractivity contribution in [2.24, 2.45) is 0 Å². The lowest BCUT2D eigenvalue weighted by Gasteiger charge is -2.39. The van der Waals surface area contributed by atoms with Gasteiger partial charge in [-0.3, -0.25) is 9.80 Å². The van der Waals surface area contributed by atoms with E-state index in [1.807, 2.05) is 0 Å². The molecule has 3 saturated heterocycles. The lowest BCUT2D eigenvalue weighted by molar-refractivity contribution is -0.232. The van der Waals surface area contributed by atoms with E-state index < -0.39 is 74.3 Å². The van der Waals surface area contributed by atoms with E-state index in [1.54, 1.807) is 12.4 Å². The number of aliphatic hydroxyl groups is 8. The van der Waals surface area contributed by atoms with Gasteiger partial charge < -0.3 is 69.3 Å². The Balaban J connectivity index is 0.817. The molecule has 3 aliphatic heterocycles. The minimum atomic E-state index is -1.48. The predicted octanol–water partition coefficient (Wildman–Crippen LogP) is -5.72. The first kappa shape index (κ1) is 42.8. The monoisotopic (exact) mass is 776 g/mol. The van der Waals surface area contributed by atoms with Crippen LogP contribution in [0.1, 0.15) is 23.6 Å². The third-order valence-corrected chi connectivity index (χ3v) is 9.72. The van der Waals surface area contributed by atoms with Crippen LogP contribution in [0, 0.1) is 0 Å². The van der Waals surface area contributed by atoms with Crippen molar-refractivity contribution in [2.45, 2.75) is 74.1 Å². The summed E-state index contributed by atoms with van der Waals surface area (Å²) in [4.78, 5) is 4.73. The molecule has 0 aliphatic carbocycles. The highest BCUT2D eigenvalue weighted by molar-refractivity contribution is 5.07. The third kappa shape index (κ3) is 11.8. The highest BCUT2D eigenvalue weighted by atomic mass is 16.6. The van der Waals surface area contributed by atoms with Gasteiger partial charge in [-0.15, -0.1) is 10.2 Å². The third-order valence-electron chi connectivity index (χ3n) is 9.72. The van der Waals surface area contributed by atoms with Gasteiger partial charge in [-0.2, -0.15) is 0 Å². The first-order chi connectivity index (χ1) is 26.2. The van der Waals surface area contributed by atoms with E-state index in [9.17, 15) is 40.9 Å². The van der Waals surface area contributed by atoms with Crippen LogP contribution in [0.5, 0.6) is 0 Å². The fourth-order valence-corrected chi connectivity index (χ4v) is 6.38. The van der Waals surface area contributed by atoms with Gasteiger partial charge in [0.15, 0.2) is 0 Å². The summed E-state index contributed by atoms with van der Waals surface area (Å²) in [7, 11) is 0. The molecule has 3 aliphatic rings. The second-order valence-electron chi connectivity index (χ2n) is 13.4. The molecule has 0 bridgehead atoms. The SMILES string of the molecule is OC[C@H]1O[C@H](c2cn(CCOCCOCCN3CCN(CCOCCOCCn4cc([C@H]5O[C@H](CO)[C@H](O)[C@H](O)[C@H]5O)nn4)CC3)nn2)[C@H](O)[C@@H](O)[C@H]1O. The zero-order chi connectivity index (χ0) is 38.5. The number of aromatic nitrogens is 6. The van der Waals surface area contributed by atoms with Gasteiger partial charge in [0, 0.05) is 39.3 Å². The summed E-state index contributed by atoms with van der Waals surface area (Å²) < 4.78 is 36.8. The molecule has 2 aromatic rings. The maximum Gasteiger partial charge on any atom is 0.132 e. The van der Waals surface area contributed by atoms with Gasteiger partial charge in [0.25, 0.3) is 0 Å². The Bertz CT molecular complexity index is 1240. The van der Waals surface area contributed by atoms with E-state index in [-0.39, 0.29) is 11.4 Å². The lowest BCUT2D eigenvalue weighted by Crippen LogP contribution is -2.55. The van der Waals surface area contributed by atoms with Crippen LogP contribution >= 0.6 is 0 Å². The van der Waals surface area contributed by atoms with Crippen LogP contribution in [-0.2, 0) is 41.5 Å². The molecule has 3 fully saturated rings. The molecule has 308 valence electrons. The molecule has 0 spiro atoms. The summed E-state index contributed by atoms with van der Waals surface area (Å²) >= 11 is 0. The summed E-state index contributed by atoms with van der Waals surface area (Å²) in [6.45, 7) is 8.96. The number of piperazine rings is 1. The Kier molecular flexibility index (Phi) is 17.3. The van der Waals surface area contributed by atoms with Crippen LogP contribution in [0.3, 0.4) is 0 Å². The molecule has 2 aromatic heterocycles. The van der Waals surface area contributed by atoms with Gasteiger partial charge in [-0.1, -0.05) is 10.4 Å². The highest BCUT2D eigenvalue weighted by Gasteiger charge is 2.46. The molecule has 22 nitrogen and oxygen atoms in total. The smallest absolute Gasteiger partial charge is 0.132 e. The molecule has 54 heavy (non-hydrogen) atoms. The standard InChI is InChI=1S/C32H56N8O14/c41-19-23-25(43)27(45)29(47)31(53-23)21-17-39(35-33-21)7-11-51-15-13-49-9-5-37-1-2-38(4-3-37)6-10-50-14-16-52-12-8-40-18-22(34-36-40)32-30(48)28(46)26(44)24(20-42)54-32/h17-18,23-32,41-48H,1-16,19-20H2/t23-,24-,25+,26+,27+,28+,29-,30-,31-,32-/m1/s1. The van der Waals surface area contributed by atoms with Crippen molar-refractivity contribution in [1.29, 1.82) is 0 Å². The van der Waals surface area contributed by atoms with Crippen LogP contribution < -0.4 is 0 Å². The first-order valence-corrected chi connectivity index (χ1v) is 18.4. The maximum absolute atomic E-state index is 10.3. The van der Waals surface area contributed by atoms with Crippen LogP contribution in [0.4, 0.5) is 0 Å². The van der Waals surface area contributed by atoms with E-state index in [2.05, 4.69) is 30.4 Å². The molecule has 0 radical (unpaired) electrons. The van der Waals surface area contributed by atoms with Crippen LogP contribution in [0.15, 0.2) is 12.4 Å².